The maximum atomic E-state index is 14.7. The highest BCUT2D eigenvalue weighted by molar-refractivity contribution is 5.79. The molecule has 0 radical (unpaired) electrons. The highest BCUT2D eigenvalue weighted by Gasteiger charge is 2.43. The standard InChI is InChI=1S/C29H39FN4O2/c1-19-17-31-29(32-18-19)33-11-8-22(9-12-33)26-14-23(26)10-13-36-25-7-6-24(27(30)16-25)15-28(35)34-20(2)4-5-21(34)3/h6-7,16-18,20-23,26H,4-5,8-15H2,1-3H3/t20?,21?,23-,26-/m1/s1. The summed E-state index contributed by atoms with van der Waals surface area (Å²) in [7, 11) is 0. The van der Waals surface area contributed by atoms with Gasteiger partial charge in [0, 0.05) is 43.6 Å². The van der Waals surface area contributed by atoms with Crippen molar-refractivity contribution in [3.63, 3.8) is 0 Å². The number of nitrogens with zero attached hydrogens (tertiary/aromatic N) is 4. The second-order valence-corrected chi connectivity index (χ2v) is 11.2. The van der Waals surface area contributed by atoms with Crippen LogP contribution in [-0.4, -0.2) is 52.6 Å². The molecule has 0 bridgehead atoms. The Hall–Kier alpha value is -2.70. The van der Waals surface area contributed by atoms with Crippen LogP contribution in [0.25, 0.3) is 0 Å². The second-order valence-electron chi connectivity index (χ2n) is 11.2. The lowest BCUT2D eigenvalue weighted by Gasteiger charge is -2.32. The monoisotopic (exact) mass is 494 g/mol. The highest BCUT2D eigenvalue weighted by Crippen LogP contribution is 2.49. The van der Waals surface area contributed by atoms with Crippen LogP contribution in [-0.2, 0) is 11.2 Å². The van der Waals surface area contributed by atoms with E-state index in [1.165, 1.54) is 25.3 Å². The van der Waals surface area contributed by atoms with Crippen molar-refractivity contribution in [1.29, 1.82) is 0 Å². The van der Waals surface area contributed by atoms with Gasteiger partial charge in [0.05, 0.1) is 13.0 Å². The molecule has 1 aromatic carbocycles. The number of piperidine rings is 1. The molecule has 1 amide bonds. The van der Waals surface area contributed by atoms with E-state index in [-0.39, 0.29) is 30.2 Å². The first-order valence-electron chi connectivity index (χ1n) is 13.6. The third kappa shape index (κ3) is 5.65. The van der Waals surface area contributed by atoms with Crippen LogP contribution in [0, 0.1) is 30.5 Å². The molecule has 1 aromatic heterocycles. The maximum absolute atomic E-state index is 14.7. The number of rotatable bonds is 8. The number of carbonyl (C=O) groups excluding carboxylic acids is 1. The minimum absolute atomic E-state index is 0.0112. The van der Waals surface area contributed by atoms with Crippen LogP contribution in [0.5, 0.6) is 5.75 Å². The normalized spacial score (nSPS) is 26.3. The first kappa shape index (κ1) is 25.0. The Morgan fingerprint density at radius 3 is 2.44 bits per heavy atom. The van der Waals surface area contributed by atoms with Crippen LogP contribution in [0.15, 0.2) is 30.6 Å². The van der Waals surface area contributed by atoms with Gasteiger partial charge in [-0.15, -0.1) is 0 Å². The van der Waals surface area contributed by atoms with Crippen molar-refractivity contribution >= 4 is 11.9 Å². The second kappa shape index (κ2) is 10.7. The summed E-state index contributed by atoms with van der Waals surface area (Å²) < 4.78 is 20.6. The fourth-order valence-electron chi connectivity index (χ4n) is 6.29. The van der Waals surface area contributed by atoms with E-state index in [4.69, 9.17) is 4.74 Å². The Morgan fingerprint density at radius 1 is 1.08 bits per heavy atom. The molecular formula is C29H39FN4O2. The minimum Gasteiger partial charge on any atom is -0.493 e. The molecule has 6 nitrogen and oxygen atoms in total. The van der Waals surface area contributed by atoms with Crippen molar-refractivity contribution in [2.24, 2.45) is 17.8 Å². The fraction of sp³-hybridized carbons (Fsp3) is 0.621. The van der Waals surface area contributed by atoms with E-state index >= 15 is 0 Å². The number of aryl methyl sites for hydroxylation is 1. The topological polar surface area (TPSA) is 58.6 Å². The van der Waals surface area contributed by atoms with E-state index in [0.717, 1.165) is 55.7 Å². The van der Waals surface area contributed by atoms with Crippen molar-refractivity contribution in [2.75, 3.05) is 24.6 Å². The third-order valence-corrected chi connectivity index (χ3v) is 8.54. The molecule has 2 aliphatic heterocycles. The molecule has 5 rings (SSSR count). The SMILES string of the molecule is Cc1cnc(N2CCC([C@H]3C[C@H]3CCOc3ccc(CC(=O)N4C(C)CCC4C)c(F)c3)CC2)nc1. The van der Waals surface area contributed by atoms with Gasteiger partial charge < -0.3 is 14.5 Å². The van der Waals surface area contributed by atoms with Crippen LogP contribution in [0.4, 0.5) is 10.3 Å². The molecule has 3 heterocycles. The van der Waals surface area contributed by atoms with Crippen LogP contribution < -0.4 is 9.64 Å². The van der Waals surface area contributed by atoms with Crippen LogP contribution >= 0.6 is 0 Å². The molecule has 1 aliphatic carbocycles. The van der Waals surface area contributed by atoms with Crippen molar-refractivity contribution in [3.05, 3.63) is 47.5 Å². The lowest BCUT2D eigenvalue weighted by Crippen LogP contribution is -2.39. The molecule has 0 spiro atoms. The zero-order valence-corrected chi connectivity index (χ0v) is 21.8. The van der Waals surface area contributed by atoms with Crippen molar-refractivity contribution < 1.29 is 13.9 Å². The molecule has 4 atom stereocenters. The van der Waals surface area contributed by atoms with Crippen molar-refractivity contribution in [2.45, 2.75) is 77.8 Å². The van der Waals surface area contributed by atoms with Crippen molar-refractivity contribution in [1.82, 2.24) is 14.9 Å². The number of hydrogen-bond donors (Lipinski definition) is 0. The lowest BCUT2D eigenvalue weighted by atomic mass is 9.90. The summed E-state index contributed by atoms with van der Waals surface area (Å²) >= 11 is 0. The van der Waals surface area contributed by atoms with Gasteiger partial charge in [-0.2, -0.15) is 0 Å². The van der Waals surface area contributed by atoms with Crippen LogP contribution in [0.3, 0.4) is 0 Å². The number of anilines is 1. The van der Waals surface area contributed by atoms with Crippen LogP contribution in [0.1, 0.15) is 63.5 Å². The number of carbonyl (C=O) groups is 1. The number of ether oxygens (including phenoxy) is 1. The van der Waals surface area contributed by atoms with Gasteiger partial charge in [0.25, 0.3) is 0 Å². The molecule has 7 heteroatoms. The largest absolute Gasteiger partial charge is 0.493 e. The average Bonchev–Trinajstić information content (AvgIpc) is 3.56. The minimum atomic E-state index is -0.353. The molecule has 36 heavy (non-hydrogen) atoms. The van der Waals surface area contributed by atoms with E-state index in [2.05, 4.69) is 28.7 Å². The molecule has 2 saturated heterocycles. The number of halogens is 1. The fourth-order valence-corrected chi connectivity index (χ4v) is 6.29. The van der Waals surface area contributed by atoms with Gasteiger partial charge in [0.1, 0.15) is 11.6 Å². The highest BCUT2D eigenvalue weighted by atomic mass is 19.1. The molecule has 194 valence electrons. The predicted molar refractivity (Wildman–Crippen MR) is 139 cm³/mol. The summed E-state index contributed by atoms with van der Waals surface area (Å²) in [6.07, 6.45) is 10.6. The van der Waals surface area contributed by atoms with Gasteiger partial charge in [0.15, 0.2) is 0 Å². The quantitative estimate of drug-likeness (QED) is 0.506. The van der Waals surface area contributed by atoms with E-state index in [1.807, 2.05) is 24.2 Å². The molecule has 3 fully saturated rings. The zero-order chi connectivity index (χ0) is 25.2. The summed E-state index contributed by atoms with van der Waals surface area (Å²) in [5.41, 5.74) is 1.54. The number of benzene rings is 1. The Labute approximate surface area is 214 Å². The molecule has 3 aliphatic rings. The third-order valence-electron chi connectivity index (χ3n) is 8.54. The van der Waals surface area contributed by atoms with Gasteiger partial charge in [-0.05, 0) is 94.2 Å². The van der Waals surface area contributed by atoms with Gasteiger partial charge in [-0.25, -0.2) is 14.4 Å². The van der Waals surface area contributed by atoms with E-state index in [0.29, 0.717) is 23.8 Å². The summed E-state index contributed by atoms with van der Waals surface area (Å²) in [6.45, 7) is 8.81. The molecule has 1 saturated carbocycles. The lowest BCUT2D eigenvalue weighted by molar-refractivity contribution is -0.132. The zero-order valence-electron chi connectivity index (χ0n) is 21.8. The Bertz CT molecular complexity index is 1040. The maximum Gasteiger partial charge on any atom is 0.227 e. The summed E-state index contributed by atoms with van der Waals surface area (Å²) in [4.78, 5) is 25.9. The molecule has 2 aromatic rings. The Balaban J connectivity index is 1.03. The summed E-state index contributed by atoms with van der Waals surface area (Å²) in [6, 6.07) is 5.42. The van der Waals surface area contributed by atoms with Gasteiger partial charge in [-0.3, -0.25) is 4.79 Å². The first-order chi connectivity index (χ1) is 17.4. The van der Waals surface area contributed by atoms with Gasteiger partial charge >= 0.3 is 0 Å². The van der Waals surface area contributed by atoms with Gasteiger partial charge in [0.2, 0.25) is 11.9 Å². The molecule has 0 N–H and O–H groups in total. The number of hydrogen-bond acceptors (Lipinski definition) is 5. The van der Waals surface area contributed by atoms with E-state index < -0.39 is 0 Å². The average molecular weight is 495 g/mol. The van der Waals surface area contributed by atoms with Crippen LogP contribution in [0.2, 0.25) is 0 Å². The smallest absolute Gasteiger partial charge is 0.227 e. The van der Waals surface area contributed by atoms with E-state index in [1.54, 1.807) is 12.1 Å². The van der Waals surface area contributed by atoms with Crippen molar-refractivity contribution in [3.8, 4) is 5.75 Å². The van der Waals surface area contributed by atoms with Gasteiger partial charge in [-0.1, -0.05) is 6.07 Å². The predicted octanol–water partition coefficient (Wildman–Crippen LogP) is 5.19. The first-order valence-corrected chi connectivity index (χ1v) is 13.6. The number of amides is 1. The Kier molecular flexibility index (Phi) is 7.44. The number of aromatic nitrogens is 2. The summed E-state index contributed by atoms with van der Waals surface area (Å²) in [5, 5.41) is 0. The molecule has 2 unspecified atom stereocenters. The number of likely N-dealkylation sites (tertiary alicyclic amines) is 1. The van der Waals surface area contributed by atoms with E-state index in [9.17, 15) is 9.18 Å². The molecular weight excluding hydrogens is 455 g/mol. The summed E-state index contributed by atoms with van der Waals surface area (Å²) in [5.74, 6) is 3.33. The Morgan fingerprint density at radius 2 is 1.78 bits per heavy atom.